The Morgan fingerprint density at radius 2 is 2.25 bits per heavy atom. The van der Waals surface area contributed by atoms with Gasteiger partial charge in [-0.3, -0.25) is 4.79 Å². The fourth-order valence-corrected chi connectivity index (χ4v) is 0.759. The van der Waals surface area contributed by atoms with E-state index in [1.165, 1.54) is 0 Å². The number of carboxylic acid groups (broad SMARTS) is 1. The van der Waals surface area contributed by atoms with Crippen molar-refractivity contribution < 1.29 is 9.90 Å². The van der Waals surface area contributed by atoms with Crippen molar-refractivity contribution in [3.05, 3.63) is 0 Å². The van der Waals surface area contributed by atoms with Gasteiger partial charge in [0, 0.05) is 6.54 Å². The largest absolute Gasteiger partial charge is 0.480 e. The number of hydrogen-bond acceptors (Lipinski definition) is 3. The maximum atomic E-state index is 10.2. The number of carboxylic acids is 1. The molecule has 6 heteroatoms. The molecule has 0 radical (unpaired) electrons. The lowest BCUT2D eigenvalue weighted by Gasteiger charge is -2.06. The van der Waals surface area contributed by atoms with Crippen LogP contribution in [0, 0.1) is 0 Å². The average molecular weight is 191 g/mol. The van der Waals surface area contributed by atoms with Crippen molar-refractivity contribution in [3.63, 3.8) is 0 Å². The van der Waals surface area contributed by atoms with E-state index in [0.29, 0.717) is 19.4 Å². The molecule has 0 aliphatic carbocycles. The predicted molar refractivity (Wildman–Crippen MR) is 49.6 cm³/mol. The highest BCUT2D eigenvalue weighted by atomic mass is 32.1. The molecule has 6 N–H and O–H groups in total. The summed E-state index contributed by atoms with van der Waals surface area (Å²) >= 11 is 4.55. The van der Waals surface area contributed by atoms with Gasteiger partial charge in [0.25, 0.3) is 0 Å². The Hall–Kier alpha value is -0.880. The zero-order valence-corrected chi connectivity index (χ0v) is 7.43. The van der Waals surface area contributed by atoms with E-state index in [1.54, 1.807) is 0 Å². The second-order valence-corrected chi connectivity index (χ2v) is 2.82. The number of hydrogen-bond donors (Lipinski definition) is 4. The van der Waals surface area contributed by atoms with Crippen molar-refractivity contribution in [3.8, 4) is 0 Å². The summed E-state index contributed by atoms with van der Waals surface area (Å²) in [6, 6.07) is -0.793. The summed E-state index contributed by atoms with van der Waals surface area (Å²) in [5, 5.41) is 11.3. The van der Waals surface area contributed by atoms with Gasteiger partial charge in [0.2, 0.25) is 0 Å². The Kier molecular flexibility index (Phi) is 5.31. The topological polar surface area (TPSA) is 101 Å². The monoisotopic (exact) mass is 191 g/mol. The molecular weight excluding hydrogens is 178 g/mol. The van der Waals surface area contributed by atoms with E-state index in [1.807, 2.05) is 0 Å². The van der Waals surface area contributed by atoms with E-state index in [0.717, 1.165) is 0 Å². The molecule has 0 aliphatic heterocycles. The second-order valence-electron chi connectivity index (χ2n) is 2.38. The van der Waals surface area contributed by atoms with Gasteiger partial charge in [-0.05, 0) is 25.1 Å². The van der Waals surface area contributed by atoms with Crippen LogP contribution < -0.4 is 16.8 Å². The van der Waals surface area contributed by atoms with Gasteiger partial charge >= 0.3 is 5.97 Å². The molecule has 0 bridgehead atoms. The van der Waals surface area contributed by atoms with Crippen molar-refractivity contribution in [2.24, 2.45) is 11.5 Å². The molecule has 0 aromatic heterocycles. The molecule has 0 unspecified atom stereocenters. The first-order chi connectivity index (χ1) is 5.54. The highest BCUT2D eigenvalue weighted by molar-refractivity contribution is 7.80. The van der Waals surface area contributed by atoms with Gasteiger partial charge in [-0.2, -0.15) is 0 Å². The Bertz CT molecular complexity index is 174. The third-order valence-electron chi connectivity index (χ3n) is 1.31. The average Bonchev–Trinajstić information content (AvgIpc) is 1.97. The second kappa shape index (κ2) is 5.73. The summed E-state index contributed by atoms with van der Waals surface area (Å²) in [4.78, 5) is 10.2. The van der Waals surface area contributed by atoms with E-state index >= 15 is 0 Å². The van der Waals surface area contributed by atoms with Gasteiger partial charge in [0.1, 0.15) is 6.04 Å². The molecule has 0 fully saturated rings. The van der Waals surface area contributed by atoms with Crippen LogP contribution in [0.15, 0.2) is 0 Å². The Morgan fingerprint density at radius 1 is 1.67 bits per heavy atom. The van der Waals surface area contributed by atoms with Crippen LogP contribution in [0.3, 0.4) is 0 Å². The molecule has 0 aliphatic rings. The first kappa shape index (κ1) is 11.1. The van der Waals surface area contributed by atoms with Crippen LogP contribution in [0.4, 0.5) is 0 Å². The van der Waals surface area contributed by atoms with Crippen LogP contribution in [0.5, 0.6) is 0 Å². The molecular formula is C6H13N3O2S. The van der Waals surface area contributed by atoms with Crippen LogP contribution in [0.1, 0.15) is 12.8 Å². The lowest BCUT2D eigenvalue weighted by Crippen LogP contribution is -2.33. The molecule has 0 saturated heterocycles. The number of nitrogens with two attached hydrogens (primary N) is 2. The molecule has 1 atom stereocenters. The minimum Gasteiger partial charge on any atom is -0.480 e. The lowest BCUT2D eigenvalue weighted by atomic mass is 10.2. The molecule has 0 rings (SSSR count). The Balaban J connectivity index is 3.31. The number of carbonyl (C=O) groups is 1. The van der Waals surface area contributed by atoms with E-state index in [-0.39, 0.29) is 5.11 Å². The third-order valence-corrected chi connectivity index (χ3v) is 1.45. The molecule has 0 spiro atoms. The number of aliphatic carboxylic acids is 1. The summed E-state index contributed by atoms with van der Waals surface area (Å²) in [5.74, 6) is -0.981. The number of rotatable bonds is 5. The molecule has 0 amide bonds. The maximum absolute atomic E-state index is 10.2. The number of thiocarbonyl (C=S) groups is 1. The van der Waals surface area contributed by atoms with Crippen molar-refractivity contribution in [2.45, 2.75) is 18.9 Å². The lowest BCUT2D eigenvalue weighted by molar-refractivity contribution is -0.138. The van der Waals surface area contributed by atoms with Gasteiger partial charge in [-0.15, -0.1) is 0 Å². The maximum Gasteiger partial charge on any atom is 0.320 e. The van der Waals surface area contributed by atoms with Crippen molar-refractivity contribution in [1.82, 2.24) is 5.32 Å². The molecule has 0 aromatic carbocycles. The summed E-state index contributed by atoms with van der Waals surface area (Å²) in [5.41, 5.74) is 10.4. The van der Waals surface area contributed by atoms with E-state index in [4.69, 9.17) is 16.6 Å². The van der Waals surface area contributed by atoms with Gasteiger partial charge < -0.3 is 21.9 Å². The fourth-order valence-electron chi connectivity index (χ4n) is 0.657. The quantitative estimate of drug-likeness (QED) is 0.329. The summed E-state index contributed by atoms with van der Waals surface area (Å²) in [6.45, 7) is 0.566. The van der Waals surface area contributed by atoms with Gasteiger partial charge in [-0.1, -0.05) is 0 Å². The van der Waals surface area contributed by atoms with Gasteiger partial charge in [0.05, 0.1) is 0 Å². The minimum atomic E-state index is -0.981. The predicted octanol–water partition coefficient (Wildman–Crippen LogP) is -0.988. The minimum absolute atomic E-state index is 0.221. The summed E-state index contributed by atoms with van der Waals surface area (Å²) < 4.78 is 0. The van der Waals surface area contributed by atoms with Gasteiger partial charge in [-0.25, -0.2) is 0 Å². The van der Waals surface area contributed by atoms with E-state index in [2.05, 4.69) is 17.5 Å². The zero-order valence-electron chi connectivity index (χ0n) is 6.62. The standard InChI is InChI=1S/C6H13N3O2S/c7-4(5(10)11)2-1-3-9-6(8)12/h4H,1-3,7H2,(H,10,11)(H3,8,9,12)/t4-/m1/s1. The van der Waals surface area contributed by atoms with E-state index < -0.39 is 12.0 Å². The molecule has 5 nitrogen and oxygen atoms in total. The van der Waals surface area contributed by atoms with Crippen LogP contribution in [-0.2, 0) is 4.79 Å². The van der Waals surface area contributed by atoms with Crippen LogP contribution in [-0.4, -0.2) is 28.8 Å². The highest BCUT2D eigenvalue weighted by Gasteiger charge is 2.09. The fraction of sp³-hybridized carbons (Fsp3) is 0.667. The molecule has 12 heavy (non-hydrogen) atoms. The van der Waals surface area contributed by atoms with Crippen LogP contribution >= 0.6 is 12.2 Å². The van der Waals surface area contributed by atoms with Crippen LogP contribution in [0.25, 0.3) is 0 Å². The van der Waals surface area contributed by atoms with Crippen molar-refractivity contribution in [2.75, 3.05) is 6.54 Å². The molecule has 0 heterocycles. The van der Waals surface area contributed by atoms with E-state index in [9.17, 15) is 4.79 Å². The first-order valence-corrected chi connectivity index (χ1v) is 3.96. The highest BCUT2D eigenvalue weighted by Crippen LogP contribution is 1.92. The number of nitrogens with one attached hydrogen (secondary N) is 1. The summed E-state index contributed by atoms with van der Waals surface area (Å²) in [7, 11) is 0. The Labute approximate surface area is 76.1 Å². The van der Waals surface area contributed by atoms with Crippen molar-refractivity contribution in [1.29, 1.82) is 0 Å². The smallest absolute Gasteiger partial charge is 0.320 e. The normalized spacial score (nSPS) is 12.1. The first-order valence-electron chi connectivity index (χ1n) is 3.55. The van der Waals surface area contributed by atoms with Crippen LogP contribution in [0.2, 0.25) is 0 Å². The Morgan fingerprint density at radius 3 is 2.67 bits per heavy atom. The summed E-state index contributed by atoms with van der Waals surface area (Å²) in [6.07, 6.45) is 1.07. The zero-order chi connectivity index (χ0) is 9.56. The molecule has 0 aromatic rings. The third kappa shape index (κ3) is 5.87. The SMILES string of the molecule is NC(=S)NCCC[C@@H](N)C(=O)O. The van der Waals surface area contributed by atoms with Crippen molar-refractivity contribution >= 4 is 23.3 Å². The molecule has 70 valence electrons. The van der Waals surface area contributed by atoms with Gasteiger partial charge in [0.15, 0.2) is 5.11 Å². The molecule has 0 saturated carbocycles.